The van der Waals surface area contributed by atoms with Gasteiger partial charge in [0.05, 0.1) is 6.04 Å². The molecule has 90 valence electrons. The Labute approximate surface area is 106 Å². The van der Waals surface area contributed by atoms with Crippen LogP contribution in [0.1, 0.15) is 28.3 Å². The number of rotatable bonds is 5. The van der Waals surface area contributed by atoms with Crippen LogP contribution in [0, 0.1) is 0 Å². The Morgan fingerprint density at radius 2 is 1.94 bits per heavy atom. The van der Waals surface area contributed by atoms with E-state index in [1.165, 1.54) is 15.3 Å². The molecule has 3 nitrogen and oxygen atoms in total. The number of nitrogens with two attached hydrogens (primary N) is 1. The van der Waals surface area contributed by atoms with E-state index in [-0.39, 0.29) is 6.04 Å². The highest BCUT2D eigenvalue weighted by atomic mass is 32.1. The quantitative estimate of drug-likeness (QED) is 0.630. The van der Waals surface area contributed by atoms with Crippen molar-refractivity contribution in [2.75, 3.05) is 0 Å². The molecule has 0 bridgehead atoms. The minimum absolute atomic E-state index is 0.154. The van der Waals surface area contributed by atoms with Gasteiger partial charge >= 0.3 is 0 Å². The fourth-order valence-electron chi connectivity index (χ4n) is 1.79. The number of nitrogens with one attached hydrogen (secondary N) is 1. The van der Waals surface area contributed by atoms with Crippen molar-refractivity contribution in [1.29, 1.82) is 0 Å². The lowest BCUT2D eigenvalue weighted by Crippen LogP contribution is -2.29. The predicted octanol–water partition coefficient (Wildman–Crippen LogP) is 2.45. The molecule has 4 heteroatoms. The Kier molecular flexibility index (Phi) is 4.25. The maximum Gasteiger partial charge on any atom is 0.0509 e. The van der Waals surface area contributed by atoms with Crippen molar-refractivity contribution >= 4 is 11.3 Å². The Hall–Kier alpha value is -1.23. The maximum absolute atomic E-state index is 5.63. The lowest BCUT2D eigenvalue weighted by Gasteiger charge is -2.14. The van der Waals surface area contributed by atoms with Gasteiger partial charge in [0.1, 0.15) is 0 Å². The Morgan fingerprint density at radius 3 is 2.53 bits per heavy atom. The second-order valence-corrected chi connectivity index (χ2v) is 5.18. The molecular formula is C13H17N3S. The molecule has 3 N–H and O–H groups in total. The topological polar surface area (TPSA) is 50.9 Å². The molecule has 0 amide bonds. The second kappa shape index (κ2) is 5.91. The maximum atomic E-state index is 5.63. The average Bonchev–Trinajstić information content (AvgIpc) is 2.84. The monoisotopic (exact) mass is 247 g/mol. The summed E-state index contributed by atoms with van der Waals surface area (Å²) in [4.78, 5) is 6.80. The molecule has 0 saturated carbocycles. The van der Waals surface area contributed by atoms with E-state index in [0.29, 0.717) is 0 Å². The summed E-state index contributed by atoms with van der Waals surface area (Å²) < 4.78 is 0. The van der Waals surface area contributed by atoms with Gasteiger partial charge in [-0.15, -0.1) is 11.3 Å². The minimum Gasteiger partial charge on any atom is -0.271 e. The van der Waals surface area contributed by atoms with Crippen LogP contribution >= 0.6 is 11.3 Å². The van der Waals surface area contributed by atoms with E-state index in [4.69, 9.17) is 5.84 Å². The standard InChI is InChI=1S/C13H17N3S/c1-2-11-3-4-12(17-11)9-13(16-14)10-5-7-15-8-6-10/h3-8,13,16H,2,9,14H2,1H3. The van der Waals surface area contributed by atoms with Crippen molar-refractivity contribution in [1.82, 2.24) is 10.4 Å². The van der Waals surface area contributed by atoms with Crippen LogP contribution in [0.4, 0.5) is 0 Å². The highest BCUT2D eigenvalue weighted by Crippen LogP contribution is 2.23. The van der Waals surface area contributed by atoms with Crippen LogP contribution in [0.25, 0.3) is 0 Å². The molecule has 2 aromatic rings. The summed E-state index contributed by atoms with van der Waals surface area (Å²) in [6.45, 7) is 2.18. The zero-order valence-electron chi connectivity index (χ0n) is 9.89. The van der Waals surface area contributed by atoms with Crippen LogP contribution < -0.4 is 11.3 Å². The Balaban J connectivity index is 2.10. The molecule has 0 aliphatic rings. The molecule has 1 unspecified atom stereocenters. The van der Waals surface area contributed by atoms with Crippen molar-refractivity contribution in [3.63, 3.8) is 0 Å². The third-order valence-electron chi connectivity index (χ3n) is 2.78. The van der Waals surface area contributed by atoms with Crippen molar-refractivity contribution in [2.45, 2.75) is 25.8 Å². The lowest BCUT2D eigenvalue weighted by molar-refractivity contribution is 0.555. The summed E-state index contributed by atoms with van der Waals surface area (Å²) in [7, 11) is 0. The van der Waals surface area contributed by atoms with E-state index in [1.54, 1.807) is 12.4 Å². The van der Waals surface area contributed by atoms with E-state index in [9.17, 15) is 0 Å². The highest BCUT2D eigenvalue weighted by Gasteiger charge is 2.11. The molecule has 0 aliphatic carbocycles. The molecule has 17 heavy (non-hydrogen) atoms. The van der Waals surface area contributed by atoms with Crippen LogP contribution in [0.3, 0.4) is 0 Å². The van der Waals surface area contributed by atoms with E-state index in [1.807, 2.05) is 23.5 Å². The first-order valence-corrected chi connectivity index (χ1v) is 6.58. The number of pyridine rings is 1. The van der Waals surface area contributed by atoms with E-state index < -0.39 is 0 Å². The third-order valence-corrected chi connectivity index (χ3v) is 4.03. The number of hydrazine groups is 1. The van der Waals surface area contributed by atoms with Crippen LogP contribution in [0.15, 0.2) is 36.7 Å². The van der Waals surface area contributed by atoms with Crippen LogP contribution in [0.5, 0.6) is 0 Å². The minimum atomic E-state index is 0.154. The highest BCUT2D eigenvalue weighted by molar-refractivity contribution is 7.11. The van der Waals surface area contributed by atoms with Gasteiger partial charge in [-0.3, -0.25) is 16.3 Å². The summed E-state index contributed by atoms with van der Waals surface area (Å²) >= 11 is 1.86. The van der Waals surface area contributed by atoms with Crippen LogP contribution in [-0.2, 0) is 12.8 Å². The number of aryl methyl sites for hydroxylation is 1. The lowest BCUT2D eigenvalue weighted by atomic mass is 10.1. The zero-order chi connectivity index (χ0) is 12.1. The first kappa shape index (κ1) is 12.2. The largest absolute Gasteiger partial charge is 0.271 e. The van der Waals surface area contributed by atoms with Gasteiger partial charge in [-0.25, -0.2) is 0 Å². The fraction of sp³-hybridized carbons (Fsp3) is 0.308. The number of hydrogen-bond donors (Lipinski definition) is 2. The molecule has 0 fully saturated rings. The van der Waals surface area contributed by atoms with Gasteiger partial charge in [-0.05, 0) is 36.2 Å². The Bertz CT molecular complexity index is 453. The molecule has 2 heterocycles. The molecular weight excluding hydrogens is 230 g/mol. The molecule has 0 saturated heterocycles. The van der Waals surface area contributed by atoms with E-state index in [0.717, 1.165) is 12.8 Å². The van der Waals surface area contributed by atoms with Crippen LogP contribution in [0.2, 0.25) is 0 Å². The van der Waals surface area contributed by atoms with Crippen LogP contribution in [-0.4, -0.2) is 4.98 Å². The average molecular weight is 247 g/mol. The summed E-state index contributed by atoms with van der Waals surface area (Å²) in [6.07, 6.45) is 5.61. The molecule has 1 atom stereocenters. The summed E-state index contributed by atoms with van der Waals surface area (Å²) in [6, 6.07) is 8.54. The fourth-order valence-corrected chi connectivity index (χ4v) is 2.80. The van der Waals surface area contributed by atoms with Gasteiger partial charge in [-0.1, -0.05) is 6.92 Å². The summed E-state index contributed by atoms with van der Waals surface area (Å²) in [5, 5.41) is 0. The Morgan fingerprint density at radius 1 is 1.24 bits per heavy atom. The normalized spacial score (nSPS) is 12.6. The van der Waals surface area contributed by atoms with Gasteiger partial charge < -0.3 is 0 Å². The number of hydrogen-bond acceptors (Lipinski definition) is 4. The van der Waals surface area contributed by atoms with E-state index >= 15 is 0 Å². The molecule has 2 rings (SSSR count). The molecule has 2 aromatic heterocycles. The van der Waals surface area contributed by atoms with E-state index in [2.05, 4.69) is 29.5 Å². The van der Waals surface area contributed by atoms with Gasteiger partial charge in [-0.2, -0.15) is 0 Å². The van der Waals surface area contributed by atoms with Gasteiger partial charge in [0.2, 0.25) is 0 Å². The van der Waals surface area contributed by atoms with Gasteiger partial charge in [0, 0.05) is 28.6 Å². The SMILES string of the molecule is CCc1ccc(CC(NN)c2ccncc2)s1. The number of thiophene rings is 1. The first-order valence-electron chi connectivity index (χ1n) is 5.77. The van der Waals surface area contributed by atoms with Crippen molar-refractivity contribution in [3.8, 4) is 0 Å². The third kappa shape index (κ3) is 3.12. The van der Waals surface area contributed by atoms with Gasteiger partial charge in [0.15, 0.2) is 0 Å². The molecule has 0 aromatic carbocycles. The van der Waals surface area contributed by atoms with Crippen molar-refractivity contribution in [2.24, 2.45) is 5.84 Å². The summed E-state index contributed by atoms with van der Waals surface area (Å²) in [5.74, 6) is 5.63. The molecule has 0 radical (unpaired) electrons. The van der Waals surface area contributed by atoms with Gasteiger partial charge in [0.25, 0.3) is 0 Å². The second-order valence-electron chi connectivity index (χ2n) is 3.93. The predicted molar refractivity (Wildman–Crippen MR) is 71.7 cm³/mol. The van der Waals surface area contributed by atoms with Crippen molar-refractivity contribution < 1.29 is 0 Å². The molecule has 0 aliphatic heterocycles. The zero-order valence-corrected chi connectivity index (χ0v) is 10.7. The van der Waals surface area contributed by atoms with Crippen molar-refractivity contribution in [3.05, 3.63) is 52.0 Å². The smallest absolute Gasteiger partial charge is 0.0509 e. The summed E-state index contributed by atoms with van der Waals surface area (Å²) in [5.41, 5.74) is 4.05. The first-order chi connectivity index (χ1) is 8.33. The number of aromatic nitrogens is 1. The number of nitrogens with zero attached hydrogens (tertiary/aromatic N) is 1. The molecule has 0 spiro atoms.